The number of fused-ring (bicyclic) bond motifs is 1. The molecule has 1 aliphatic rings. The fourth-order valence-electron chi connectivity index (χ4n) is 4.37. The van der Waals surface area contributed by atoms with E-state index in [9.17, 15) is 4.79 Å². The number of benzene rings is 1. The van der Waals surface area contributed by atoms with Gasteiger partial charge in [-0.2, -0.15) is 0 Å². The van der Waals surface area contributed by atoms with E-state index in [1.165, 1.54) is 0 Å². The summed E-state index contributed by atoms with van der Waals surface area (Å²) in [5, 5.41) is 4.90. The van der Waals surface area contributed by atoms with Gasteiger partial charge in [0.15, 0.2) is 0 Å². The van der Waals surface area contributed by atoms with Gasteiger partial charge in [-0.15, -0.1) is 0 Å². The van der Waals surface area contributed by atoms with Gasteiger partial charge in [-0.1, -0.05) is 11.6 Å². The third-order valence-corrected chi connectivity index (χ3v) is 6.36. The summed E-state index contributed by atoms with van der Waals surface area (Å²) in [6.07, 6.45) is 5.62. The molecule has 0 bridgehead atoms. The van der Waals surface area contributed by atoms with E-state index in [4.69, 9.17) is 21.1 Å². The Kier molecular flexibility index (Phi) is 7.03. The molecule has 182 valence electrons. The summed E-state index contributed by atoms with van der Waals surface area (Å²) in [6, 6.07) is 11.5. The van der Waals surface area contributed by atoms with Crippen molar-refractivity contribution in [3.63, 3.8) is 0 Å². The lowest BCUT2D eigenvalue weighted by Gasteiger charge is -2.28. The standard InChI is InChI=1S/C26H28ClN5O3/c1-34-7-3-28-21-11-18(10-20(27)13-21)17-32-4-2-19(12-25(32)33)24-16-30-26-23(24)14-22(15-29-26)31-5-8-35-9-6-31/h2,4,10-16,28H,3,5-9,17H2,1H3,(H,29,30). The van der Waals surface area contributed by atoms with Gasteiger partial charge in [0.2, 0.25) is 0 Å². The predicted octanol–water partition coefficient (Wildman–Crippen LogP) is 3.99. The fraction of sp³-hybridized carbons (Fsp3) is 0.308. The zero-order chi connectivity index (χ0) is 24.2. The molecule has 9 heteroatoms. The molecule has 0 unspecified atom stereocenters. The van der Waals surface area contributed by atoms with Crippen LogP contribution in [0.1, 0.15) is 5.56 Å². The molecule has 0 spiro atoms. The van der Waals surface area contributed by atoms with Crippen molar-refractivity contribution in [2.24, 2.45) is 0 Å². The minimum Gasteiger partial charge on any atom is -0.383 e. The Bertz CT molecular complexity index is 1380. The van der Waals surface area contributed by atoms with E-state index in [-0.39, 0.29) is 5.56 Å². The minimum atomic E-state index is -0.0805. The molecule has 3 aromatic heterocycles. The zero-order valence-corrected chi connectivity index (χ0v) is 20.3. The number of nitrogens with one attached hydrogen (secondary N) is 2. The van der Waals surface area contributed by atoms with Gasteiger partial charge in [-0.3, -0.25) is 4.79 Å². The third-order valence-electron chi connectivity index (χ3n) is 6.15. The first-order valence-corrected chi connectivity index (χ1v) is 12.0. The van der Waals surface area contributed by atoms with Crippen LogP contribution in [0.15, 0.2) is 59.8 Å². The molecule has 0 amide bonds. The number of methoxy groups -OCH3 is 1. The number of morpholine rings is 1. The van der Waals surface area contributed by atoms with Crippen molar-refractivity contribution in [1.29, 1.82) is 0 Å². The van der Waals surface area contributed by atoms with Gasteiger partial charge >= 0.3 is 0 Å². The van der Waals surface area contributed by atoms with Crippen molar-refractivity contribution in [1.82, 2.24) is 14.5 Å². The molecule has 0 radical (unpaired) electrons. The molecule has 5 rings (SSSR count). The largest absolute Gasteiger partial charge is 0.383 e. The number of aromatic nitrogens is 3. The van der Waals surface area contributed by atoms with Gasteiger partial charge in [-0.05, 0) is 41.5 Å². The summed E-state index contributed by atoms with van der Waals surface area (Å²) in [7, 11) is 1.66. The highest BCUT2D eigenvalue weighted by molar-refractivity contribution is 6.30. The average molecular weight is 494 g/mol. The van der Waals surface area contributed by atoms with E-state index in [0.29, 0.717) is 37.9 Å². The van der Waals surface area contributed by atoms with Crippen LogP contribution in [0.4, 0.5) is 11.4 Å². The van der Waals surface area contributed by atoms with Gasteiger partial charge in [0.05, 0.1) is 38.2 Å². The Balaban J connectivity index is 1.39. The van der Waals surface area contributed by atoms with E-state index < -0.39 is 0 Å². The summed E-state index contributed by atoms with van der Waals surface area (Å²) < 4.78 is 12.2. The predicted molar refractivity (Wildman–Crippen MR) is 140 cm³/mol. The SMILES string of the molecule is COCCNc1cc(Cl)cc(Cn2ccc(-c3c[nH]c4ncc(N5CCOCC5)cc34)cc2=O)c1. The molecule has 0 aliphatic carbocycles. The van der Waals surface area contributed by atoms with Crippen molar-refractivity contribution in [2.75, 3.05) is 56.8 Å². The topological polar surface area (TPSA) is 84.4 Å². The van der Waals surface area contributed by atoms with Crippen LogP contribution in [0.5, 0.6) is 0 Å². The third kappa shape index (κ3) is 5.35. The molecule has 4 aromatic rings. The number of halogens is 1. The number of anilines is 2. The van der Waals surface area contributed by atoms with Crippen molar-refractivity contribution in [3.8, 4) is 11.1 Å². The van der Waals surface area contributed by atoms with Gasteiger partial charge in [0, 0.05) is 66.9 Å². The molecule has 1 fully saturated rings. The quantitative estimate of drug-likeness (QED) is 0.361. The number of ether oxygens (including phenoxy) is 2. The highest BCUT2D eigenvalue weighted by Crippen LogP contribution is 2.30. The number of hydrogen-bond acceptors (Lipinski definition) is 6. The Labute approximate surface area is 208 Å². The van der Waals surface area contributed by atoms with E-state index >= 15 is 0 Å². The van der Waals surface area contributed by atoms with Crippen LogP contribution in [0.2, 0.25) is 5.02 Å². The van der Waals surface area contributed by atoms with E-state index in [1.807, 2.05) is 42.9 Å². The van der Waals surface area contributed by atoms with Crippen LogP contribution in [0.3, 0.4) is 0 Å². The first-order valence-electron chi connectivity index (χ1n) is 11.6. The number of hydrogen-bond donors (Lipinski definition) is 2. The average Bonchev–Trinajstić information content (AvgIpc) is 3.29. The lowest BCUT2D eigenvalue weighted by molar-refractivity contribution is 0.122. The van der Waals surface area contributed by atoms with Gasteiger partial charge in [0.1, 0.15) is 5.65 Å². The van der Waals surface area contributed by atoms with E-state index in [1.54, 1.807) is 17.7 Å². The Morgan fingerprint density at radius 2 is 2.06 bits per heavy atom. The number of rotatable bonds is 8. The van der Waals surface area contributed by atoms with Crippen LogP contribution < -0.4 is 15.8 Å². The van der Waals surface area contributed by atoms with E-state index in [0.717, 1.165) is 52.2 Å². The molecule has 1 aliphatic heterocycles. The van der Waals surface area contributed by atoms with Crippen molar-refractivity contribution in [2.45, 2.75) is 6.54 Å². The normalized spacial score (nSPS) is 13.9. The maximum atomic E-state index is 13.0. The number of H-pyrrole nitrogens is 1. The molecule has 8 nitrogen and oxygen atoms in total. The zero-order valence-electron chi connectivity index (χ0n) is 19.6. The van der Waals surface area contributed by atoms with Crippen molar-refractivity contribution >= 4 is 34.0 Å². The Hall–Kier alpha value is -3.33. The lowest BCUT2D eigenvalue weighted by atomic mass is 10.1. The number of nitrogens with zero attached hydrogens (tertiary/aromatic N) is 3. The summed E-state index contributed by atoms with van der Waals surface area (Å²) in [4.78, 5) is 23.1. The lowest BCUT2D eigenvalue weighted by Crippen LogP contribution is -2.36. The monoisotopic (exact) mass is 493 g/mol. The molecule has 4 heterocycles. The first-order chi connectivity index (χ1) is 17.1. The molecule has 35 heavy (non-hydrogen) atoms. The van der Waals surface area contributed by atoms with Crippen LogP contribution in [0, 0.1) is 0 Å². The number of aromatic amines is 1. The first kappa shape index (κ1) is 23.4. The Morgan fingerprint density at radius 1 is 1.20 bits per heavy atom. The smallest absolute Gasteiger partial charge is 0.251 e. The van der Waals surface area contributed by atoms with Gasteiger partial charge in [0.25, 0.3) is 5.56 Å². The van der Waals surface area contributed by atoms with Crippen LogP contribution in [-0.4, -0.2) is 61.1 Å². The van der Waals surface area contributed by atoms with E-state index in [2.05, 4.69) is 26.3 Å². The highest BCUT2D eigenvalue weighted by atomic mass is 35.5. The summed E-state index contributed by atoms with van der Waals surface area (Å²) in [5.41, 5.74) is 5.43. The molecule has 1 saturated heterocycles. The maximum Gasteiger partial charge on any atom is 0.251 e. The molecular weight excluding hydrogens is 466 g/mol. The van der Waals surface area contributed by atoms with Gasteiger partial charge in [-0.25, -0.2) is 4.98 Å². The van der Waals surface area contributed by atoms with Crippen LogP contribution in [-0.2, 0) is 16.0 Å². The molecule has 2 N–H and O–H groups in total. The van der Waals surface area contributed by atoms with Crippen molar-refractivity contribution in [3.05, 3.63) is 75.9 Å². The van der Waals surface area contributed by atoms with Gasteiger partial charge < -0.3 is 29.2 Å². The summed E-state index contributed by atoms with van der Waals surface area (Å²) in [6.45, 7) is 4.82. The highest BCUT2D eigenvalue weighted by Gasteiger charge is 2.15. The van der Waals surface area contributed by atoms with Crippen molar-refractivity contribution < 1.29 is 9.47 Å². The summed E-state index contributed by atoms with van der Waals surface area (Å²) >= 11 is 6.31. The molecule has 0 saturated carbocycles. The van der Waals surface area contributed by atoms with Crippen LogP contribution in [0.25, 0.3) is 22.2 Å². The second kappa shape index (κ2) is 10.5. The Morgan fingerprint density at radius 3 is 2.86 bits per heavy atom. The second-order valence-corrected chi connectivity index (χ2v) is 8.98. The molecule has 1 aromatic carbocycles. The molecular formula is C26H28ClN5O3. The maximum absolute atomic E-state index is 13.0. The second-order valence-electron chi connectivity index (χ2n) is 8.54. The number of pyridine rings is 2. The molecule has 0 atom stereocenters. The minimum absolute atomic E-state index is 0.0805. The summed E-state index contributed by atoms with van der Waals surface area (Å²) in [5.74, 6) is 0. The van der Waals surface area contributed by atoms with Crippen LogP contribution >= 0.6 is 11.6 Å². The fourth-order valence-corrected chi connectivity index (χ4v) is 4.63.